The van der Waals surface area contributed by atoms with Crippen LogP contribution in [0.5, 0.6) is 0 Å². The zero-order valence-corrected chi connectivity index (χ0v) is 16.0. The fourth-order valence-corrected chi connectivity index (χ4v) is 4.01. The smallest absolute Gasteiger partial charge is 0.293 e. The lowest BCUT2D eigenvalue weighted by molar-refractivity contribution is -0.124. The number of imide groups is 1. The Labute approximate surface area is 164 Å². The molecule has 1 aromatic heterocycles. The van der Waals surface area contributed by atoms with Gasteiger partial charge in [-0.3, -0.25) is 19.3 Å². The summed E-state index contributed by atoms with van der Waals surface area (Å²) in [6, 6.07) is 8.89. The molecule has 1 aliphatic rings. The number of amides is 3. The van der Waals surface area contributed by atoms with Crippen molar-refractivity contribution in [3.8, 4) is 0 Å². The van der Waals surface area contributed by atoms with Gasteiger partial charge < -0.3 is 5.32 Å². The number of nitrogens with one attached hydrogen (secondary N) is 1. The van der Waals surface area contributed by atoms with Gasteiger partial charge in [-0.1, -0.05) is 23.7 Å². The highest BCUT2D eigenvalue weighted by molar-refractivity contribution is 8.18. The number of carbonyl (C=O) groups excluding carboxylic acids is 3. The highest BCUT2D eigenvalue weighted by atomic mass is 35.5. The largest absolute Gasteiger partial charge is 0.354 e. The SMILES string of the molecule is O=C(Cc1ccsc1)NCCN1C(=O)S/C(=C\c2ccc(Cl)cc2)C1=O. The molecule has 0 bridgehead atoms. The summed E-state index contributed by atoms with van der Waals surface area (Å²) in [5, 5.41) is 6.84. The number of carbonyl (C=O) groups is 3. The van der Waals surface area contributed by atoms with Crippen molar-refractivity contribution in [1.29, 1.82) is 0 Å². The van der Waals surface area contributed by atoms with Gasteiger partial charge in [0.05, 0.1) is 11.3 Å². The minimum absolute atomic E-state index is 0.132. The number of thiophene rings is 1. The summed E-state index contributed by atoms with van der Waals surface area (Å²) in [4.78, 5) is 37.8. The summed E-state index contributed by atoms with van der Waals surface area (Å²) in [5.41, 5.74) is 1.74. The Morgan fingerprint density at radius 2 is 1.96 bits per heavy atom. The van der Waals surface area contributed by atoms with E-state index < -0.39 is 0 Å². The molecule has 0 radical (unpaired) electrons. The first kappa shape index (κ1) is 18.7. The van der Waals surface area contributed by atoms with E-state index in [4.69, 9.17) is 11.6 Å². The zero-order chi connectivity index (χ0) is 18.5. The van der Waals surface area contributed by atoms with E-state index in [0.717, 1.165) is 27.8 Å². The Morgan fingerprint density at radius 3 is 2.65 bits per heavy atom. The second-order valence-corrected chi connectivity index (χ2v) is 7.75. The van der Waals surface area contributed by atoms with Crippen molar-refractivity contribution >= 4 is 57.8 Å². The average molecular weight is 407 g/mol. The molecule has 3 amide bonds. The molecule has 1 fully saturated rings. The topological polar surface area (TPSA) is 66.5 Å². The molecule has 26 heavy (non-hydrogen) atoms. The highest BCUT2D eigenvalue weighted by Gasteiger charge is 2.34. The van der Waals surface area contributed by atoms with Crippen LogP contribution < -0.4 is 5.32 Å². The summed E-state index contributed by atoms with van der Waals surface area (Å²) in [7, 11) is 0. The van der Waals surface area contributed by atoms with Crippen molar-refractivity contribution in [3.63, 3.8) is 0 Å². The number of rotatable bonds is 6. The molecule has 5 nitrogen and oxygen atoms in total. The van der Waals surface area contributed by atoms with Gasteiger partial charge in [-0.2, -0.15) is 11.3 Å². The van der Waals surface area contributed by atoms with Crippen LogP contribution in [0.1, 0.15) is 11.1 Å². The molecule has 2 aromatic rings. The van der Waals surface area contributed by atoms with E-state index in [9.17, 15) is 14.4 Å². The molecular weight excluding hydrogens is 392 g/mol. The van der Waals surface area contributed by atoms with Crippen molar-refractivity contribution in [1.82, 2.24) is 10.2 Å². The van der Waals surface area contributed by atoms with E-state index in [-0.39, 0.29) is 30.1 Å². The quantitative estimate of drug-likeness (QED) is 0.741. The third-order valence-electron chi connectivity index (χ3n) is 3.64. The van der Waals surface area contributed by atoms with E-state index in [1.54, 1.807) is 30.3 Å². The minimum Gasteiger partial charge on any atom is -0.354 e. The molecular formula is C18H15ClN2O3S2. The van der Waals surface area contributed by atoms with Gasteiger partial charge >= 0.3 is 0 Å². The first-order valence-electron chi connectivity index (χ1n) is 7.81. The number of hydrogen-bond acceptors (Lipinski definition) is 5. The molecule has 0 spiro atoms. The van der Waals surface area contributed by atoms with Gasteiger partial charge in [-0.15, -0.1) is 0 Å². The van der Waals surface area contributed by atoms with Crippen LogP contribution in [0.15, 0.2) is 46.0 Å². The van der Waals surface area contributed by atoms with E-state index >= 15 is 0 Å². The molecule has 0 atom stereocenters. The monoisotopic (exact) mass is 406 g/mol. The number of benzene rings is 1. The van der Waals surface area contributed by atoms with Crippen LogP contribution in [0.25, 0.3) is 6.08 Å². The maximum absolute atomic E-state index is 12.4. The normalized spacial score (nSPS) is 15.7. The maximum atomic E-state index is 12.4. The summed E-state index contributed by atoms with van der Waals surface area (Å²) in [6.45, 7) is 0.382. The van der Waals surface area contributed by atoms with E-state index in [1.165, 1.54) is 11.3 Å². The number of halogens is 1. The van der Waals surface area contributed by atoms with Gasteiger partial charge in [0.15, 0.2) is 0 Å². The Morgan fingerprint density at radius 1 is 1.19 bits per heavy atom. The van der Waals surface area contributed by atoms with Gasteiger partial charge in [0, 0.05) is 18.1 Å². The van der Waals surface area contributed by atoms with Crippen LogP contribution in [-0.2, 0) is 16.0 Å². The lowest BCUT2D eigenvalue weighted by Crippen LogP contribution is -2.37. The van der Waals surface area contributed by atoms with Crippen LogP contribution in [0, 0.1) is 0 Å². The Balaban J connectivity index is 1.54. The maximum Gasteiger partial charge on any atom is 0.293 e. The molecule has 1 aliphatic heterocycles. The van der Waals surface area contributed by atoms with Gasteiger partial charge in [-0.25, -0.2) is 0 Å². The van der Waals surface area contributed by atoms with Gasteiger partial charge in [0.2, 0.25) is 5.91 Å². The lowest BCUT2D eigenvalue weighted by atomic mass is 10.2. The third-order valence-corrected chi connectivity index (χ3v) is 5.54. The van der Waals surface area contributed by atoms with Crippen molar-refractivity contribution in [3.05, 3.63) is 62.1 Å². The average Bonchev–Trinajstić information content (AvgIpc) is 3.20. The third kappa shape index (κ3) is 4.75. The molecule has 1 saturated heterocycles. The molecule has 2 heterocycles. The van der Waals surface area contributed by atoms with E-state index in [0.29, 0.717) is 16.3 Å². The van der Waals surface area contributed by atoms with Crippen LogP contribution in [0.3, 0.4) is 0 Å². The molecule has 134 valence electrons. The minimum atomic E-state index is -0.345. The van der Waals surface area contributed by atoms with Crippen molar-refractivity contribution in [2.24, 2.45) is 0 Å². The van der Waals surface area contributed by atoms with E-state index in [1.807, 2.05) is 16.8 Å². The Hall–Kier alpha value is -2.09. The molecule has 0 unspecified atom stereocenters. The molecule has 1 aromatic carbocycles. The first-order chi connectivity index (χ1) is 12.5. The fraction of sp³-hybridized carbons (Fsp3) is 0.167. The molecule has 1 N–H and O–H groups in total. The summed E-state index contributed by atoms with van der Waals surface area (Å²) in [6.07, 6.45) is 1.96. The van der Waals surface area contributed by atoms with Gasteiger partial charge in [-0.05, 0) is 57.9 Å². The van der Waals surface area contributed by atoms with Crippen LogP contribution >= 0.6 is 34.7 Å². The second-order valence-electron chi connectivity index (χ2n) is 5.54. The van der Waals surface area contributed by atoms with Crippen molar-refractivity contribution < 1.29 is 14.4 Å². The number of nitrogens with zero attached hydrogens (tertiary/aromatic N) is 1. The number of thioether (sulfide) groups is 1. The Bertz CT molecular complexity index is 848. The summed E-state index contributed by atoms with van der Waals surface area (Å²) < 4.78 is 0. The zero-order valence-electron chi connectivity index (χ0n) is 13.6. The van der Waals surface area contributed by atoms with Crippen molar-refractivity contribution in [2.45, 2.75) is 6.42 Å². The molecule has 0 aliphatic carbocycles. The molecule has 0 saturated carbocycles. The summed E-state index contributed by atoms with van der Waals surface area (Å²) >= 11 is 8.27. The van der Waals surface area contributed by atoms with E-state index in [2.05, 4.69) is 5.32 Å². The molecule has 8 heteroatoms. The second kappa shape index (κ2) is 8.53. The van der Waals surface area contributed by atoms with Gasteiger partial charge in [0.25, 0.3) is 11.1 Å². The molecule has 3 rings (SSSR count). The standard InChI is InChI=1S/C18H15ClN2O3S2/c19-14-3-1-12(2-4-14)9-15-17(23)21(18(24)26-15)7-6-20-16(22)10-13-5-8-25-11-13/h1-5,8-9,11H,6-7,10H2,(H,20,22)/b15-9-. The van der Waals surface area contributed by atoms with Crippen LogP contribution in [-0.4, -0.2) is 35.0 Å². The first-order valence-corrected chi connectivity index (χ1v) is 9.95. The predicted molar refractivity (Wildman–Crippen MR) is 105 cm³/mol. The Kier molecular flexibility index (Phi) is 6.13. The van der Waals surface area contributed by atoms with Gasteiger partial charge in [0.1, 0.15) is 0 Å². The lowest BCUT2D eigenvalue weighted by Gasteiger charge is -2.12. The van der Waals surface area contributed by atoms with Crippen LogP contribution in [0.2, 0.25) is 5.02 Å². The predicted octanol–water partition coefficient (Wildman–Crippen LogP) is 3.80. The van der Waals surface area contributed by atoms with Crippen LogP contribution in [0.4, 0.5) is 4.79 Å². The fourth-order valence-electron chi connectivity index (χ4n) is 2.35. The highest BCUT2D eigenvalue weighted by Crippen LogP contribution is 2.32. The summed E-state index contributed by atoms with van der Waals surface area (Å²) in [5.74, 6) is -0.478. The number of hydrogen-bond donors (Lipinski definition) is 1. The van der Waals surface area contributed by atoms with Crippen molar-refractivity contribution in [2.75, 3.05) is 13.1 Å².